The Bertz CT molecular complexity index is 698. The average molecular weight is 346 g/mol. The first-order valence-corrected chi connectivity index (χ1v) is 7.62. The van der Waals surface area contributed by atoms with E-state index in [1.54, 1.807) is 23.6 Å². The summed E-state index contributed by atoms with van der Waals surface area (Å²) in [4.78, 5) is 20.2. The number of hydrogen-bond acceptors (Lipinski definition) is 5. The first-order valence-electron chi connectivity index (χ1n) is 7.62. The third-order valence-electron chi connectivity index (χ3n) is 5.09. The van der Waals surface area contributed by atoms with Crippen molar-refractivity contribution in [2.75, 3.05) is 18.5 Å². The van der Waals surface area contributed by atoms with E-state index >= 15 is 0 Å². The van der Waals surface area contributed by atoms with Gasteiger partial charge in [0.15, 0.2) is 29.6 Å². The third kappa shape index (κ3) is 2.05. The molecule has 2 unspecified atom stereocenters. The molecule has 0 bridgehead atoms. The fourth-order valence-corrected chi connectivity index (χ4v) is 3.62. The Hall–Kier alpha value is -1.81. The van der Waals surface area contributed by atoms with Crippen LogP contribution in [0, 0.1) is 5.92 Å². The molecule has 3 heterocycles. The number of carbonyl (C=O) groups is 1. The minimum atomic E-state index is -4.64. The second kappa shape index (κ2) is 4.63. The van der Waals surface area contributed by atoms with E-state index in [1.165, 1.54) is 11.2 Å². The molecule has 2 atom stereocenters. The zero-order chi connectivity index (χ0) is 17.4. The van der Waals surface area contributed by atoms with Crippen molar-refractivity contribution in [1.29, 1.82) is 0 Å². The van der Waals surface area contributed by atoms with Crippen molar-refractivity contribution in [3.05, 3.63) is 12.0 Å². The number of aryl methyl sites for hydroxylation is 1. The summed E-state index contributed by atoms with van der Waals surface area (Å²) in [6, 6.07) is 0. The number of ether oxygens (including phenoxy) is 1. The SMILES string of the molecule is CN1c2ncn(C)c2C(=O)N(CC2CC(O)(C(F)(F)F)C2)C2OC21. The first-order chi connectivity index (χ1) is 11.1. The first kappa shape index (κ1) is 15.7. The summed E-state index contributed by atoms with van der Waals surface area (Å²) in [5, 5.41) is 9.57. The van der Waals surface area contributed by atoms with Gasteiger partial charge in [0.05, 0.1) is 6.33 Å². The molecule has 24 heavy (non-hydrogen) atoms. The fraction of sp³-hybridized carbons (Fsp3) is 0.714. The van der Waals surface area contributed by atoms with Gasteiger partial charge in [-0.05, 0) is 18.8 Å². The van der Waals surface area contributed by atoms with E-state index < -0.39 is 36.8 Å². The molecule has 0 aromatic carbocycles. The van der Waals surface area contributed by atoms with Crippen LogP contribution in [-0.2, 0) is 11.8 Å². The van der Waals surface area contributed by atoms with Crippen LogP contribution in [-0.4, -0.2) is 63.3 Å². The molecule has 2 aliphatic heterocycles. The summed E-state index contributed by atoms with van der Waals surface area (Å²) < 4.78 is 45.3. The van der Waals surface area contributed by atoms with Crippen molar-refractivity contribution in [3.63, 3.8) is 0 Å². The smallest absolute Gasteiger partial charge is 0.380 e. The molecular formula is C14H17F3N4O3. The molecule has 1 N–H and O–H groups in total. The summed E-state index contributed by atoms with van der Waals surface area (Å²) in [6.07, 6.45) is -4.74. The van der Waals surface area contributed by atoms with Crippen LogP contribution in [0.4, 0.5) is 19.0 Å². The topological polar surface area (TPSA) is 74.1 Å². The van der Waals surface area contributed by atoms with Crippen LogP contribution >= 0.6 is 0 Å². The largest absolute Gasteiger partial charge is 0.417 e. The molecule has 1 aromatic heterocycles. The van der Waals surface area contributed by atoms with E-state index in [0.717, 1.165) is 0 Å². The van der Waals surface area contributed by atoms with E-state index in [9.17, 15) is 23.1 Å². The molecule has 1 aromatic rings. The number of alkyl halides is 3. The van der Waals surface area contributed by atoms with Crippen LogP contribution in [0.25, 0.3) is 0 Å². The van der Waals surface area contributed by atoms with Crippen molar-refractivity contribution in [3.8, 4) is 0 Å². The summed E-state index contributed by atoms with van der Waals surface area (Å²) >= 11 is 0. The minimum absolute atomic E-state index is 0.122. The number of amides is 1. The standard InChI is InChI=1S/C14H17F3N4O3/c1-19-6-18-9-8(19)10(22)21(12-11(24-12)20(9)2)5-7-3-13(23,4-7)14(15,16)17/h6-7,11-12,23H,3-5H2,1-2H3. The van der Waals surface area contributed by atoms with Crippen LogP contribution in [0.5, 0.6) is 0 Å². The molecule has 0 spiro atoms. The number of hydrogen-bond donors (Lipinski definition) is 1. The van der Waals surface area contributed by atoms with Crippen molar-refractivity contribution in [2.24, 2.45) is 13.0 Å². The number of carbonyl (C=O) groups excluding carboxylic acids is 1. The summed E-state index contributed by atoms with van der Waals surface area (Å²) in [6.45, 7) is 0.122. The Balaban J connectivity index is 1.53. The fourth-order valence-electron chi connectivity index (χ4n) is 3.62. The summed E-state index contributed by atoms with van der Waals surface area (Å²) in [5.41, 5.74) is -2.25. The highest BCUT2D eigenvalue weighted by Crippen LogP contribution is 2.49. The van der Waals surface area contributed by atoms with Crippen LogP contribution in [0.1, 0.15) is 23.3 Å². The maximum absolute atomic E-state index is 12.8. The predicted octanol–water partition coefficient (Wildman–Crippen LogP) is 0.698. The van der Waals surface area contributed by atoms with Crippen LogP contribution in [0.3, 0.4) is 0 Å². The van der Waals surface area contributed by atoms with Crippen molar-refractivity contribution in [2.45, 2.75) is 37.1 Å². The van der Waals surface area contributed by atoms with Crippen molar-refractivity contribution in [1.82, 2.24) is 14.5 Å². The quantitative estimate of drug-likeness (QED) is 0.798. The van der Waals surface area contributed by atoms with Gasteiger partial charge in [-0.15, -0.1) is 0 Å². The number of anilines is 1. The monoisotopic (exact) mass is 346 g/mol. The second-order valence-corrected chi connectivity index (χ2v) is 6.82. The molecule has 2 fully saturated rings. The van der Waals surface area contributed by atoms with Crippen molar-refractivity contribution >= 4 is 11.7 Å². The predicted molar refractivity (Wildman–Crippen MR) is 75.0 cm³/mol. The lowest BCUT2D eigenvalue weighted by molar-refractivity contribution is -0.299. The Kier molecular flexibility index (Phi) is 3.03. The molecule has 4 rings (SSSR count). The van der Waals surface area contributed by atoms with Gasteiger partial charge in [0.25, 0.3) is 5.91 Å². The molecule has 7 nitrogen and oxygen atoms in total. The van der Waals surface area contributed by atoms with E-state index in [-0.39, 0.29) is 18.7 Å². The van der Waals surface area contributed by atoms with Crippen molar-refractivity contribution < 1.29 is 27.8 Å². The van der Waals surface area contributed by atoms with Crippen LogP contribution < -0.4 is 4.90 Å². The lowest BCUT2D eigenvalue weighted by Gasteiger charge is -2.45. The number of nitrogens with zero attached hydrogens (tertiary/aromatic N) is 4. The highest BCUT2D eigenvalue weighted by Gasteiger charge is 2.62. The van der Waals surface area contributed by atoms with Gasteiger partial charge < -0.3 is 24.2 Å². The minimum Gasteiger partial charge on any atom is -0.380 e. The average Bonchev–Trinajstić information content (AvgIpc) is 3.15. The number of fused-ring (bicyclic) bond motifs is 2. The van der Waals surface area contributed by atoms with Gasteiger partial charge in [0.1, 0.15) is 0 Å². The molecule has 1 amide bonds. The van der Waals surface area contributed by atoms with E-state index in [4.69, 9.17) is 4.74 Å². The zero-order valence-electron chi connectivity index (χ0n) is 13.1. The van der Waals surface area contributed by atoms with Gasteiger partial charge >= 0.3 is 6.18 Å². The number of likely N-dealkylation sites (N-methyl/N-ethyl adjacent to an activating group) is 1. The number of aliphatic hydroxyl groups is 1. The van der Waals surface area contributed by atoms with E-state index in [1.807, 2.05) is 0 Å². The molecule has 3 aliphatic rings. The maximum atomic E-state index is 12.8. The maximum Gasteiger partial charge on any atom is 0.417 e. The number of aromatic nitrogens is 2. The van der Waals surface area contributed by atoms with Gasteiger partial charge in [-0.25, -0.2) is 4.98 Å². The lowest BCUT2D eigenvalue weighted by atomic mass is 9.70. The molecular weight excluding hydrogens is 329 g/mol. The van der Waals surface area contributed by atoms with Crippen LogP contribution in [0.2, 0.25) is 0 Å². The van der Waals surface area contributed by atoms with Gasteiger partial charge in [-0.1, -0.05) is 0 Å². The highest BCUT2D eigenvalue weighted by molar-refractivity contribution is 5.98. The number of rotatable bonds is 2. The van der Waals surface area contributed by atoms with Gasteiger partial charge in [0, 0.05) is 20.6 Å². The molecule has 10 heteroatoms. The Morgan fingerprint density at radius 1 is 1.38 bits per heavy atom. The zero-order valence-corrected chi connectivity index (χ0v) is 13.1. The molecule has 1 saturated heterocycles. The van der Waals surface area contributed by atoms with Gasteiger partial charge in [0.2, 0.25) is 0 Å². The Morgan fingerprint density at radius 3 is 2.67 bits per heavy atom. The summed E-state index contributed by atoms with van der Waals surface area (Å²) in [5.74, 6) is -0.229. The molecule has 1 saturated carbocycles. The third-order valence-corrected chi connectivity index (χ3v) is 5.09. The molecule has 132 valence electrons. The highest BCUT2D eigenvalue weighted by atomic mass is 19.4. The molecule has 0 radical (unpaired) electrons. The van der Waals surface area contributed by atoms with E-state index in [0.29, 0.717) is 11.5 Å². The van der Waals surface area contributed by atoms with E-state index in [2.05, 4.69) is 4.98 Å². The number of imidazole rings is 1. The number of halogens is 3. The lowest BCUT2D eigenvalue weighted by Crippen LogP contribution is -2.58. The van der Waals surface area contributed by atoms with Gasteiger partial charge in [-0.2, -0.15) is 13.2 Å². The Morgan fingerprint density at radius 2 is 2.04 bits per heavy atom. The summed E-state index contributed by atoms with van der Waals surface area (Å²) in [7, 11) is 3.46. The normalized spacial score (nSPS) is 35.2. The molecule has 1 aliphatic carbocycles. The van der Waals surface area contributed by atoms with Crippen LogP contribution in [0.15, 0.2) is 6.33 Å². The Labute approximate surface area is 135 Å². The second-order valence-electron chi connectivity index (χ2n) is 6.82. The number of epoxide rings is 1. The van der Waals surface area contributed by atoms with Gasteiger partial charge in [-0.3, -0.25) is 4.79 Å².